The van der Waals surface area contributed by atoms with Gasteiger partial charge in [-0.05, 0) is 44.3 Å². The zero-order chi connectivity index (χ0) is 20.8. The topological polar surface area (TPSA) is 76.3 Å². The monoisotopic (exact) mass is 407 g/mol. The Labute approximate surface area is 173 Å². The highest BCUT2D eigenvalue weighted by Crippen LogP contribution is 2.36. The van der Waals surface area contributed by atoms with Gasteiger partial charge in [0.1, 0.15) is 17.7 Å². The number of halogens is 1. The summed E-state index contributed by atoms with van der Waals surface area (Å²) in [5, 5.41) is 23.2. The first-order chi connectivity index (χ1) is 14.5. The fourth-order valence-corrected chi connectivity index (χ4v) is 4.20. The number of phenolic OH excluding ortho intramolecular Hbond substituents is 1. The van der Waals surface area contributed by atoms with Crippen molar-refractivity contribution in [2.75, 3.05) is 7.05 Å². The third kappa shape index (κ3) is 3.33. The summed E-state index contributed by atoms with van der Waals surface area (Å²) in [5.74, 6) is 0.424. The maximum atomic E-state index is 14.0. The number of benzene rings is 1. The second-order valence-electron chi connectivity index (χ2n) is 7.87. The van der Waals surface area contributed by atoms with Crippen LogP contribution in [0.5, 0.6) is 11.6 Å². The molecular formula is C22H22FN5O2. The number of hydrogen-bond donors (Lipinski definition) is 1. The Morgan fingerprint density at radius 1 is 1.13 bits per heavy atom. The minimum atomic E-state index is -0.213. The summed E-state index contributed by atoms with van der Waals surface area (Å²) in [6, 6.07) is 10.5. The Kier molecular flexibility index (Phi) is 4.51. The highest BCUT2D eigenvalue weighted by molar-refractivity contribution is 5.68. The summed E-state index contributed by atoms with van der Waals surface area (Å²) >= 11 is 0. The van der Waals surface area contributed by atoms with E-state index in [2.05, 4.69) is 15.3 Å². The SMILES string of the molecule is Cc1ccn(-c2ccc(-c3ccc(OC4CC5C=C(F)C(C4)N5C)nn3)c(O)c2)n1. The molecule has 7 nitrogen and oxygen atoms in total. The molecule has 1 N–H and O–H groups in total. The number of aromatic nitrogens is 4. The number of fused-ring (bicyclic) bond motifs is 2. The zero-order valence-electron chi connectivity index (χ0n) is 16.7. The molecule has 0 spiro atoms. The number of rotatable bonds is 4. The van der Waals surface area contributed by atoms with Crippen molar-refractivity contribution in [2.45, 2.75) is 38.0 Å². The maximum Gasteiger partial charge on any atom is 0.233 e. The van der Waals surface area contributed by atoms with E-state index in [1.807, 2.05) is 37.2 Å². The predicted octanol–water partition coefficient (Wildman–Crippen LogP) is 3.42. The van der Waals surface area contributed by atoms with Crippen LogP contribution < -0.4 is 4.74 Å². The Morgan fingerprint density at radius 2 is 2.00 bits per heavy atom. The molecule has 3 unspecified atom stereocenters. The Balaban J connectivity index is 1.30. The summed E-state index contributed by atoms with van der Waals surface area (Å²) in [4.78, 5) is 2.04. The lowest BCUT2D eigenvalue weighted by atomic mass is 9.99. The van der Waals surface area contributed by atoms with E-state index in [9.17, 15) is 9.50 Å². The fraction of sp³-hybridized carbons (Fsp3) is 0.318. The molecule has 0 radical (unpaired) electrons. The van der Waals surface area contributed by atoms with Gasteiger partial charge in [-0.15, -0.1) is 10.2 Å². The summed E-state index contributed by atoms with van der Waals surface area (Å²) in [6.07, 6.45) is 4.73. The van der Waals surface area contributed by atoms with Crippen molar-refractivity contribution in [3.05, 3.63) is 60.2 Å². The van der Waals surface area contributed by atoms with Crippen molar-refractivity contribution >= 4 is 0 Å². The van der Waals surface area contributed by atoms with Crippen LogP contribution in [0.3, 0.4) is 0 Å². The molecule has 8 heteroatoms. The van der Waals surface area contributed by atoms with Crippen LogP contribution in [0.4, 0.5) is 4.39 Å². The first-order valence-electron chi connectivity index (χ1n) is 9.93. The number of nitrogens with zero attached hydrogens (tertiary/aromatic N) is 5. The van der Waals surface area contributed by atoms with Gasteiger partial charge in [-0.25, -0.2) is 9.07 Å². The summed E-state index contributed by atoms with van der Waals surface area (Å²) in [7, 11) is 1.94. The van der Waals surface area contributed by atoms with Gasteiger partial charge in [0.15, 0.2) is 0 Å². The van der Waals surface area contributed by atoms with E-state index >= 15 is 0 Å². The second kappa shape index (κ2) is 7.21. The third-order valence-corrected chi connectivity index (χ3v) is 5.85. The summed E-state index contributed by atoms with van der Waals surface area (Å²) in [5.41, 5.74) is 2.77. The molecule has 0 aliphatic carbocycles. The van der Waals surface area contributed by atoms with Gasteiger partial charge in [0.05, 0.1) is 23.1 Å². The van der Waals surface area contributed by atoms with Crippen LogP contribution in [0.25, 0.3) is 16.9 Å². The molecule has 0 saturated carbocycles. The van der Waals surface area contributed by atoms with Gasteiger partial charge in [-0.2, -0.15) is 5.10 Å². The molecule has 1 aromatic carbocycles. The molecule has 2 bridgehead atoms. The molecule has 4 heterocycles. The standard InChI is InChI=1S/C22H22FN5O2/c1-13-7-8-28(26-13)14-3-4-17(21(29)11-14)19-5-6-22(25-24-19)30-16-9-15-10-18(23)20(12-16)27(15)2/h3-8,10-11,15-16,20,29H,9,12H2,1-2H3. The van der Waals surface area contributed by atoms with E-state index in [4.69, 9.17) is 4.74 Å². The second-order valence-corrected chi connectivity index (χ2v) is 7.87. The van der Waals surface area contributed by atoms with Crippen molar-refractivity contribution in [1.82, 2.24) is 24.9 Å². The van der Waals surface area contributed by atoms with Crippen LogP contribution in [0, 0.1) is 6.92 Å². The fourth-order valence-electron chi connectivity index (χ4n) is 4.20. The van der Waals surface area contributed by atoms with Crippen LogP contribution in [-0.2, 0) is 0 Å². The van der Waals surface area contributed by atoms with Gasteiger partial charge >= 0.3 is 0 Å². The molecule has 0 amide bonds. The normalized spacial score (nSPS) is 23.4. The van der Waals surface area contributed by atoms with E-state index in [0.717, 1.165) is 17.8 Å². The molecule has 2 aliphatic rings. The smallest absolute Gasteiger partial charge is 0.233 e. The van der Waals surface area contributed by atoms with E-state index in [1.165, 1.54) is 0 Å². The van der Waals surface area contributed by atoms with Crippen LogP contribution in [-0.4, -0.2) is 55.2 Å². The van der Waals surface area contributed by atoms with Crippen molar-refractivity contribution in [3.8, 4) is 28.6 Å². The van der Waals surface area contributed by atoms with Crippen molar-refractivity contribution < 1.29 is 14.2 Å². The Hall–Kier alpha value is -3.26. The van der Waals surface area contributed by atoms with Gasteiger partial charge in [-0.3, -0.25) is 4.90 Å². The molecule has 154 valence electrons. The molecule has 3 aromatic rings. The molecule has 3 atom stereocenters. The van der Waals surface area contributed by atoms with Crippen molar-refractivity contribution in [2.24, 2.45) is 0 Å². The number of likely N-dealkylation sites (N-methyl/N-ethyl adjacent to an activating group) is 1. The average molecular weight is 407 g/mol. The minimum absolute atomic E-state index is 0.0648. The van der Waals surface area contributed by atoms with Crippen LogP contribution in [0.15, 0.2) is 54.5 Å². The number of hydrogen-bond acceptors (Lipinski definition) is 6. The molecule has 2 aromatic heterocycles. The quantitative estimate of drug-likeness (QED) is 0.714. The molecule has 1 saturated heterocycles. The summed E-state index contributed by atoms with van der Waals surface area (Å²) < 4.78 is 21.6. The first-order valence-corrected chi connectivity index (χ1v) is 9.93. The van der Waals surface area contributed by atoms with Gasteiger partial charge in [0.2, 0.25) is 5.88 Å². The lowest BCUT2D eigenvalue weighted by Gasteiger charge is -2.35. The predicted molar refractivity (Wildman–Crippen MR) is 109 cm³/mol. The van der Waals surface area contributed by atoms with E-state index < -0.39 is 0 Å². The number of piperidine rings is 1. The first kappa shape index (κ1) is 18.7. The minimum Gasteiger partial charge on any atom is -0.507 e. The highest BCUT2D eigenvalue weighted by atomic mass is 19.1. The molecule has 30 heavy (non-hydrogen) atoms. The lowest BCUT2D eigenvalue weighted by molar-refractivity contribution is 0.0642. The zero-order valence-corrected chi connectivity index (χ0v) is 16.7. The molecule has 5 rings (SSSR count). The number of phenols is 1. The summed E-state index contributed by atoms with van der Waals surface area (Å²) in [6.45, 7) is 1.91. The van der Waals surface area contributed by atoms with Gasteiger partial charge in [-0.1, -0.05) is 0 Å². The highest BCUT2D eigenvalue weighted by Gasteiger charge is 2.41. The molecule has 2 aliphatic heterocycles. The van der Waals surface area contributed by atoms with Crippen molar-refractivity contribution in [3.63, 3.8) is 0 Å². The Morgan fingerprint density at radius 3 is 2.67 bits per heavy atom. The maximum absolute atomic E-state index is 14.0. The Bertz CT molecular complexity index is 1110. The third-order valence-electron chi connectivity index (χ3n) is 5.85. The van der Waals surface area contributed by atoms with Crippen LogP contribution >= 0.6 is 0 Å². The van der Waals surface area contributed by atoms with Gasteiger partial charge in [0, 0.05) is 42.8 Å². The number of aryl methyl sites for hydroxylation is 1. The molecule has 1 fully saturated rings. The lowest BCUT2D eigenvalue weighted by Crippen LogP contribution is -2.45. The van der Waals surface area contributed by atoms with E-state index in [-0.39, 0.29) is 29.8 Å². The average Bonchev–Trinajstić information content (AvgIpc) is 3.21. The number of ether oxygens (including phenoxy) is 1. The number of aromatic hydroxyl groups is 1. The van der Waals surface area contributed by atoms with Crippen LogP contribution in [0.1, 0.15) is 18.5 Å². The van der Waals surface area contributed by atoms with Crippen molar-refractivity contribution in [1.29, 1.82) is 0 Å². The van der Waals surface area contributed by atoms with E-state index in [1.54, 1.807) is 35.0 Å². The van der Waals surface area contributed by atoms with Crippen LogP contribution in [0.2, 0.25) is 0 Å². The largest absolute Gasteiger partial charge is 0.507 e. The van der Waals surface area contributed by atoms with Gasteiger partial charge in [0.25, 0.3) is 0 Å². The molecular weight excluding hydrogens is 385 g/mol. The van der Waals surface area contributed by atoms with E-state index in [0.29, 0.717) is 23.6 Å². The van der Waals surface area contributed by atoms with Gasteiger partial charge < -0.3 is 9.84 Å².